The van der Waals surface area contributed by atoms with Crippen LogP contribution in [-0.4, -0.2) is 43.7 Å². The normalized spacial score (nSPS) is 33.2. The van der Waals surface area contributed by atoms with E-state index in [1.807, 2.05) is 0 Å². The van der Waals surface area contributed by atoms with Crippen LogP contribution in [0.1, 0.15) is 12.8 Å². The van der Waals surface area contributed by atoms with Crippen LogP contribution >= 0.6 is 0 Å². The monoisotopic (exact) mass is 273 g/mol. The van der Waals surface area contributed by atoms with Crippen LogP contribution in [0.3, 0.4) is 0 Å². The first-order chi connectivity index (χ1) is 8.28. The molecule has 2 unspecified atom stereocenters. The molecule has 2 aliphatic rings. The predicted octanol–water partition coefficient (Wildman–Crippen LogP) is -1.26. The van der Waals surface area contributed by atoms with Crippen molar-refractivity contribution in [3.8, 4) is 0 Å². The molecular weight excluding hydrogens is 254 g/mol. The summed E-state index contributed by atoms with van der Waals surface area (Å²) in [4.78, 5) is 4.17. The van der Waals surface area contributed by atoms with Gasteiger partial charge in [-0.25, -0.2) is 17.7 Å². The lowest BCUT2D eigenvalue weighted by Crippen LogP contribution is -2.45. The molecule has 0 radical (unpaired) electrons. The highest BCUT2D eigenvalue weighted by Gasteiger charge is 2.34. The molecule has 1 saturated heterocycles. The van der Waals surface area contributed by atoms with Crippen molar-refractivity contribution in [3.63, 3.8) is 0 Å². The second kappa shape index (κ2) is 4.52. The lowest BCUT2D eigenvalue weighted by Gasteiger charge is -2.27. The second-order valence-electron chi connectivity index (χ2n) is 4.95. The highest BCUT2D eigenvalue weighted by atomic mass is 32.2. The minimum absolute atomic E-state index is 0.212. The molecule has 0 spiro atoms. The summed E-state index contributed by atoms with van der Waals surface area (Å²) in [5.41, 5.74) is 10.9. The average Bonchev–Trinajstić information content (AvgIpc) is 2.64. The first-order valence-corrected chi connectivity index (χ1v) is 7.67. The van der Waals surface area contributed by atoms with E-state index in [4.69, 9.17) is 11.5 Å². The Bertz CT molecular complexity index is 486. The third-order valence-corrected chi connectivity index (χ3v) is 4.53. The zero-order valence-corrected chi connectivity index (χ0v) is 11.2. The van der Waals surface area contributed by atoms with Crippen LogP contribution in [0.2, 0.25) is 0 Å². The van der Waals surface area contributed by atoms with E-state index < -0.39 is 15.7 Å². The number of guanidine groups is 1. The molecule has 5 N–H and O–H groups in total. The van der Waals surface area contributed by atoms with Crippen LogP contribution < -0.4 is 16.8 Å². The molecule has 0 aromatic heterocycles. The van der Waals surface area contributed by atoms with E-state index in [1.165, 1.54) is 10.6 Å². The molecule has 102 valence electrons. The van der Waals surface area contributed by atoms with Crippen molar-refractivity contribution in [2.45, 2.75) is 18.5 Å². The predicted molar refractivity (Wildman–Crippen MR) is 70.0 cm³/mol. The molecule has 0 aliphatic carbocycles. The Morgan fingerprint density at radius 2 is 2.39 bits per heavy atom. The average molecular weight is 273 g/mol. The van der Waals surface area contributed by atoms with Gasteiger partial charge >= 0.3 is 0 Å². The Morgan fingerprint density at radius 3 is 2.94 bits per heavy atom. The molecule has 1 fully saturated rings. The SMILES string of the molecule is CS(=O)(=O)N1CCC(CC2(N)C=CNC(N)=N2)C1. The van der Waals surface area contributed by atoms with Gasteiger partial charge in [-0.1, -0.05) is 0 Å². The van der Waals surface area contributed by atoms with Crippen molar-refractivity contribution in [1.29, 1.82) is 0 Å². The number of aliphatic imine (C=N–C) groups is 1. The van der Waals surface area contributed by atoms with Gasteiger partial charge in [-0.05, 0) is 24.8 Å². The molecule has 2 aliphatic heterocycles. The van der Waals surface area contributed by atoms with Crippen molar-refractivity contribution < 1.29 is 8.42 Å². The number of hydrogen-bond donors (Lipinski definition) is 3. The Hall–Kier alpha value is -1.12. The van der Waals surface area contributed by atoms with Gasteiger partial charge in [-0.2, -0.15) is 0 Å². The standard InChI is InChI=1S/C10H19N5O2S/c1-18(16,17)15-5-2-8(7-15)6-10(12)3-4-13-9(11)14-10/h3-4,8H,2,5-7,12H2,1H3,(H3,11,13,14). The first-order valence-electron chi connectivity index (χ1n) is 5.82. The van der Waals surface area contributed by atoms with E-state index in [-0.39, 0.29) is 11.9 Å². The maximum Gasteiger partial charge on any atom is 0.211 e. The van der Waals surface area contributed by atoms with Gasteiger partial charge in [0, 0.05) is 19.3 Å². The molecule has 0 amide bonds. The number of hydrogen-bond acceptors (Lipinski definition) is 6. The van der Waals surface area contributed by atoms with Crippen molar-refractivity contribution in [3.05, 3.63) is 12.3 Å². The Morgan fingerprint density at radius 1 is 1.67 bits per heavy atom. The van der Waals surface area contributed by atoms with Crippen LogP contribution in [0.5, 0.6) is 0 Å². The summed E-state index contributed by atoms with van der Waals surface area (Å²) in [6.45, 7) is 1.06. The summed E-state index contributed by atoms with van der Waals surface area (Å²) < 4.78 is 24.3. The largest absolute Gasteiger partial charge is 0.370 e. The fraction of sp³-hybridized carbons (Fsp3) is 0.700. The molecule has 0 aromatic rings. The van der Waals surface area contributed by atoms with Crippen LogP contribution in [0.4, 0.5) is 0 Å². The minimum Gasteiger partial charge on any atom is -0.370 e. The smallest absolute Gasteiger partial charge is 0.211 e. The van der Waals surface area contributed by atoms with Gasteiger partial charge < -0.3 is 16.8 Å². The maximum absolute atomic E-state index is 11.4. The second-order valence-corrected chi connectivity index (χ2v) is 6.93. The lowest BCUT2D eigenvalue weighted by molar-refractivity contribution is 0.378. The van der Waals surface area contributed by atoms with Gasteiger partial charge in [0.2, 0.25) is 10.0 Å². The van der Waals surface area contributed by atoms with E-state index in [0.717, 1.165) is 6.42 Å². The number of nitrogens with two attached hydrogens (primary N) is 2. The van der Waals surface area contributed by atoms with Crippen LogP contribution in [0.25, 0.3) is 0 Å². The van der Waals surface area contributed by atoms with Crippen molar-refractivity contribution in [1.82, 2.24) is 9.62 Å². The fourth-order valence-electron chi connectivity index (χ4n) is 2.41. The Balaban J connectivity index is 2.00. The molecule has 0 aromatic carbocycles. The van der Waals surface area contributed by atoms with E-state index in [9.17, 15) is 8.42 Å². The zero-order valence-electron chi connectivity index (χ0n) is 10.3. The lowest BCUT2D eigenvalue weighted by atomic mass is 9.94. The summed E-state index contributed by atoms with van der Waals surface area (Å²) in [7, 11) is -3.11. The van der Waals surface area contributed by atoms with E-state index >= 15 is 0 Å². The Labute approximate surface area is 107 Å². The van der Waals surface area contributed by atoms with Gasteiger partial charge in [0.05, 0.1) is 6.26 Å². The van der Waals surface area contributed by atoms with Gasteiger partial charge in [0.15, 0.2) is 5.96 Å². The minimum atomic E-state index is -3.11. The summed E-state index contributed by atoms with van der Waals surface area (Å²) in [5.74, 6) is 0.502. The van der Waals surface area contributed by atoms with Gasteiger partial charge in [-0.3, -0.25) is 0 Å². The van der Waals surface area contributed by atoms with Crippen molar-refractivity contribution in [2.75, 3.05) is 19.3 Å². The van der Waals surface area contributed by atoms with E-state index in [2.05, 4.69) is 10.3 Å². The van der Waals surface area contributed by atoms with Crippen LogP contribution in [-0.2, 0) is 10.0 Å². The summed E-state index contributed by atoms with van der Waals surface area (Å²) in [6.07, 6.45) is 6.06. The number of rotatable bonds is 3. The van der Waals surface area contributed by atoms with E-state index in [0.29, 0.717) is 19.5 Å². The first kappa shape index (κ1) is 13.3. The van der Waals surface area contributed by atoms with Crippen molar-refractivity contribution in [2.24, 2.45) is 22.4 Å². The highest BCUT2D eigenvalue weighted by molar-refractivity contribution is 7.88. The third kappa shape index (κ3) is 3.01. The third-order valence-electron chi connectivity index (χ3n) is 3.27. The molecule has 8 heteroatoms. The van der Waals surface area contributed by atoms with Crippen LogP contribution in [0.15, 0.2) is 17.3 Å². The molecule has 18 heavy (non-hydrogen) atoms. The van der Waals surface area contributed by atoms with Gasteiger partial charge in [-0.15, -0.1) is 0 Å². The topological polar surface area (TPSA) is 114 Å². The molecule has 2 rings (SSSR count). The molecule has 7 nitrogen and oxygen atoms in total. The molecule has 0 saturated carbocycles. The molecular formula is C10H19N5O2S. The summed E-state index contributed by atoms with van der Waals surface area (Å²) >= 11 is 0. The molecule has 2 atom stereocenters. The summed E-state index contributed by atoms with van der Waals surface area (Å²) in [5, 5.41) is 2.76. The van der Waals surface area contributed by atoms with Gasteiger partial charge in [0.25, 0.3) is 0 Å². The maximum atomic E-state index is 11.4. The van der Waals surface area contributed by atoms with Crippen LogP contribution in [0, 0.1) is 5.92 Å². The van der Waals surface area contributed by atoms with E-state index in [1.54, 1.807) is 12.3 Å². The zero-order chi connectivity index (χ0) is 13.4. The number of sulfonamides is 1. The molecule has 0 bridgehead atoms. The number of nitrogens with one attached hydrogen (secondary N) is 1. The number of nitrogens with zero attached hydrogens (tertiary/aromatic N) is 2. The van der Waals surface area contributed by atoms with Crippen molar-refractivity contribution >= 4 is 16.0 Å². The molecule has 2 heterocycles. The Kier molecular flexibility index (Phi) is 3.35. The highest BCUT2D eigenvalue weighted by Crippen LogP contribution is 2.27. The fourth-order valence-corrected chi connectivity index (χ4v) is 3.32. The van der Waals surface area contributed by atoms with Gasteiger partial charge in [0.1, 0.15) is 5.66 Å². The quantitative estimate of drug-likeness (QED) is 0.594. The summed E-state index contributed by atoms with van der Waals surface area (Å²) in [6, 6.07) is 0.